The second-order valence-corrected chi connectivity index (χ2v) is 4.72. The van der Waals surface area contributed by atoms with E-state index in [1.54, 1.807) is 0 Å². The van der Waals surface area contributed by atoms with Gasteiger partial charge in [-0.25, -0.2) is 0 Å². The molecule has 7 nitrogen and oxygen atoms in total. The van der Waals surface area contributed by atoms with E-state index in [2.05, 4.69) is 5.32 Å². The number of nitro groups is 1. The van der Waals surface area contributed by atoms with Crippen LogP contribution in [0.25, 0.3) is 0 Å². The maximum absolute atomic E-state index is 12.0. The SMILES string of the molecule is NC(=O)c1cc(NC(=O)c2ccc([N+](=O)[O-])cc2)ccc1Cl. The van der Waals surface area contributed by atoms with E-state index in [0.717, 1.165) is 0 Å². The Balaban J connectivity index is 2.20. The van der Waals surface area contributed by atoms with E-state index in [0.29, 0.717) is 5.69 Å². The number of nitrogens with one attached hydrogen (secondary N) is 1. The number of primary amides is 1. The summed E-state index contributed by atoms with van der Waals surface area (Å²) in [5.74, 6) is -1.19. The molecule has 3 N–H and O–H groups in total. The van der Waals surface area contributed by atoms with Crippen molar-refractivity contribution in [3.8, 4) is 0 Å². The van der Waals surface area contributed by atoms with E-state index < -0.39 is 16.7 Å². The summed E-state index contributed by atoms with van der Waals surface area (Å²) in [5.41, 5.74) is 5.72. The number of anilines is 1. The van der Waals surface area contributed by atoms with Gasteiger partial charge in [-0.15, -0.1) is 0 Å². The number of hydrogen-bond donors (Lipinski definition) is 2. The molecule has 2 rings (SSSR count). The van der Waals surface area contributed by atoms with Crippen LogP contribution in [-0.2, 0) is 0 Å². The molecule has 0 heterocycles. The Morgan fingerprint density at radius 1 is 1.14 bits per heavy atom. The maximum Gasteiger partial charge on any atom is 0.269 e. The van der Waals surface area contributed by atoms with Crippen molar-refractivity contribution in [3.05, 3.63) is 68.7 Å². The van der Waals surface area contributed by atoms with Crippen LogP contribution in [0.1, 0.15) is 20.7 Å². The number of amides is 2. The summed E-state index contributed by atoms with van der Waals surface area (Å²) in [6, 6.07) is 9.42. The van der Waals surface area contributed by atoms with Gasteiger partial charge in [0, 0.05) is 23.4 Å². The molecule has 0 saturated heterocycles. The van der Waals surface area contributed by atoms with Crippen LogP contribution in [0.2, 0.25) is 5.02 Å². The van der Waals surface area contributed by atoms with Gasteiger partial charge in [0.1, 0.15) is 0 Å². The molecule has 8 heteroatoms. The first-order chi connectivity index (χ1) is 10.4. The molecular weight excluding hydrogens is 310 g/mol. The Labute approximate surface area is 129 Å². The summed E-state index contributed by atoms with van der Waals surface area (Å²) in [6.45, 7) is 0. The summed E-state index contributed by atoms with van der Waals surface area (Å²) >= 11 is 5.81. The summed E-state index contributed by atoms with van der Waals surface area (Å²) in [5, 5.41) is 13.3. The number of non-ortho nitro benzene ring substituents is 1. The summed E-state index contributed by atoms with van der Waals surface area (Å²) in [4.78, 5) is 33.2. The van der Waals surface area contributed by atoms with Gasteiger partial charge in [-0.1, -0.05) is 11.6 Å². The Kier molecular flexibility index (Phi) is 4.38. The Morgan fingerprint density at radius 3 is 2.32 bits per heavy atom. The van der Waals surface area contributed by atoms with E-state index in [1.165, 1.54) is 42.5 Å². The molecule has 0 aliphatic heterocycles. The number of halogens is 1. The van der Waals surface area contributed by atoms with Gasteiger partial charge >= 0.3 is 0 Å². The zero-order chi connectivity index (χ0) is 16.3. The standard InChI is InChI=1S/C14H10ClN3O4/c15-12-6-3-9(7-11(12)13(16)19)17-14(20)8-1-4-10(5-2-8)18(21)22/h1-7H,(H2,16,19)(H,17,20). The molecule has 0 aromatic heterocycles. The van der Waals surface area contributed by atoms with Gasteiger partial charge in [-0.05, 0) is 30.3 Å². The highest BCUT2D eigenvalue weighted by Crippen LogP contribution is 2.21. The molecule has 0 atom stereocenters. The van der Waals surface area contributed by atoms with Crippen LogP contribution in [-0.4, -0.2) is 16.7 Å². The van der Waals surface area contributed by atoms with Gasteiger partial charge in [0.15, 0.2) is 0 Å². The van der Waals surface area contributed by atoms with E-state index in [-0.39, 0.29) is 21.8 Å². The fourth-order valence-corrected chi connectivity index (χ4v) is 1.94. The summed E-state index contributed by atoms with van der Waals surface area (Å²) < 4.78 is 0. The monoisotopic (exact) mass is 319 g/mol. The molecular formula is C14H10ClN3O4. The van der Waals surface area contributed by atoms with Gasteiger partial charge in [0.2, 0.25) is 5.91 Å². The molecule has 0 unspecified atom stereocenters. The molecule has 2 aromatic rings. The molecule has 0 spiro atoms. The van der Waals surface area contributed by atoms with Crippen LogP contribution < -0.4 is 11.1 Å². The number of benzene rings is 2. The van der Waals surface area contributed by atoms with Crippen LogP contribution in [0.4, 0.5) is 11.4 Å². The Bertz CT molecular complexity index is 759. The number of nitro benzene ring substituents is 1. The predicted molar refractivity (Wildman–Crippen MR) is 81.0 cm³/mol. The fraction of sp³-hybridized carbons (Fsp3) is 0. The lowest BCUT2D eigenvalue weighted by molar-refractivity contribution is -0.384. The normalized spacial score (nSPS) is 10.0. The van der Waals surface area contributed by atoms with Gasteiger partial charge < -0.3 is 11.1 Å². The first kappa shape index (κ1) is 15.5. The minimum Gasteiger partial charge on any atom is -0.366 e. The zero-order valence-electron chi connectivity index (χ0n) is 11.1. The van der Waals surface area contributed by atoms with E-state index in [1.807, 2.05) is 0 Å². The lowest BCUT2D eigenvalue weighted by Crippen LogP contribution is -2.15. The van der Waals surface area contributed by atoms with Gasteiger partial charge in [0.05, 0.1) is 15.5 Å². The van der Waals surface area contributed by atoms with E-state index in [9.17, 15) is 19.7 Å². The van der Waals surface area contributed by atoms with Crippen LogP contribution in [0.3, 0.4) is 0 Å². The molecule has 22 heavy (non-hydrogen) atoms. The van der Waals surface area contributed by atoms with Crippen molar-refractivity contribution >= 4 is 34.8 Å². The quantitative estimate of drug-likeness (QED) is 0.665. The number of nitrogens with zero attached hydrogens (tertiary/aromatic N) is 1. The first-order valence-corrected chi connectivity index (χ1v) is 6.41. The van der Waals surface area contributed by atoms with Gasteiger partial charge in [-0.3, -0.25) is 19.7 Å². The third-order valence-electron chi connectivity index (χ3n) is 2.83. The number of hydrogen-bond acceptors (Lipinski definition) is 4. The molecule has 0 aliphatic carbocycles. The molecule has 0 radical (unpaired) electrons. The molecule has 2 aromatic carbocycles. The molecule has 2 amide bonds. The minimum atomic E-state index is -0.712. The number of nitrogens with two attached hydrogens (primary N) is 1. The van der Waals surface area contributed by atoms with Gasteiger partial charge in [-0.2, -0.15) is 0 Å². The molecule has 0 fully saturated rings. The topological polar surface area (TPSA) is 115 Å². The lowest BCUT2D eigenvalue weighted by Gasteiger charge is -2.07. The largest absolute Gasteiger partial charge is 0.366 e. The molecule has 0 aliphatic rings. The summed E-state index contributed by atoms with van der Waals surface area (Å²) in [6.07, 6.45) is 0. The van der Waals surface area contributed by atoms with E-state index >= 15 is 0 Å². The number of carbonyl (C=O) groups excluding carboxylic acids is 2. The second kappa shape index (κ2) is 6.23. The van der Waals surface area contributed by atoms with Crippen molar-refractivity contribution in [2.75, 3.05) is 5.32 Å². The predicted octanol–water partition coefficient (Wildman–Crippen LogP) is 2.60. The van der Waals surface area contributed by atoms with Crippen molar-refractivity contribution in [2.45, 2.75) is 0 Å². The van der Waals surface area contributed by atoms with Crippen molar-refractivity contribution in [1.82, 2.24) is 0 Å². The highest BCUT2D eigenvalue weighted by Gasteiger charge is 2.12. The highest BCUT2D eigenvalue weighted by atomic mass is 35.5. The third-order valence-corrected chi connectivity index (χ3v) is 3.16. The number of rotatable bonds is 4. The lowest BCUT2D eigenvalue weighted by atomic mass is 10.1. The Hall–Kier alpha value is -2.93. The average molecular weight is 320 g/mol. The van der Waals surface area contributed by atoms with Crippen LogP contribution in [0, 0.1) is 10.1 Å². The highest BCUT2D eigenvalue weighted by molar-refractivity contribution is 6.34. The van der Waals surface area contributed by atoms with Crippen LogP contribution >= 0.6 is 11.6 Å². The minimum absolute atomic E-state index is 0.0863. The smallest absolute Gasteiger partial charge is 0.269 e. The van der Waals surface area contributed by atoms with Crippen LogP contribution in [0.15, 0.2) is 42.5 Å². The van der Waals surface area contributed by atoms with Crippen molar-refractivity contribution in [3.63, 3.8) is 0 Å². The van der Waals surface area contributed by atoms with Gasteiger partial charge in [0.25, 0.3) is 11.6 Å². The van der Waals surface area contributed by atoms with Crippen molar-refractivity contribution in [2.24, 2.45) is 5.73 Å². The molecule has 0 saturated carbocycles. The Morgan fingerprint density at radius 2 is 1.77 bits per heavy atom. The average Bonchev–Trinajstić information content (AvgIpc) is 2.49. The fourth-order valence-electron chi connectivity index (χ4n) is 1.73. The zero-order valence-corrected chi connectivity index (χ0v) is 11.8. The van der Waals surface area contributed by atoms with Crippen molar-refractivity contribution < 1.29 is 14.5 Å². The first-order valence-electron chi connectivity index (χ1n) is 6.03. The van der Waals surface area contributed by atoms with E-state index in [4.69, 9.17) is 17.3 Å². The third kappa shape index (κ3) is 3.39. The maximum atomic E-state index is 12.0. The van der Waals surface area contributed by atoms with Crippen LogP contribution in [0.5, 0.6) is 0 Å². The summed E-state index contributed by atoms with van der Waals surface area (Å²) in [7, 11) is 0. The van der Waals surface area contributed by atoms with Crippen molar-refractivity contribution in [1.29, 1.82) is 0 Å². The second-order valence-electron chi connectivity index (χ2n) is 4.32. The molecule has 0 bridgehead atoms. The molecule has 112 valence electrons. The number of carbonyl (C=O) groups is 2.